The van der Waals surface area contributed by atoms with Crippen LogP contribution < -0.4 is 10.4 Å². The first-order chi connectivity index (χ1) is 11.2. The van der Waals surface area contributed by atoms with E-state index >= 15 is 0 Å². The lowest BCUT2D eigenvalue weighted by atomic mass is 10.2. The van der Waals surface area contributed by atoms with Crippen LogP contribution >= 0.6 is 0 Å². The van der Waals surface area contributed by atoms with Crippen molar-refractivity contribution in [2.24, 2.45) is 0 Å². The molecule has 2 rings (SSSR count). The first-order valence-corrected chi connectivity index (χ1v) is 15.1. The Bertz CT molecular complexity index is 634. The molecule has 0 aliphatic heterocycles. The molecule has 2 aromatic carbocycles. The van der Waals surface area contributed by atoms with Crippen molar-refractivity contribution >= 4 is 26.5 Å². The van der Waals surface area contributed by atoms with Crippen molar-refractivity contribution in [1.29, 1.82) is 0 Å². The molecule has 0 saturated heterocycles. The molecule has 0 radical (unpaired) electrons. The lowest BCUT2D eigenvalue weighted by molar-refractivity contribution is 1.29. The number of rotatable bonds is 7. The standard InChI is InChI=1S/C22H30Si2/c1-19(17-23(3,4)21-13-9-7-10-14-21)20(2)18-24(5,6)22-15-11-8-12-16-22/h7-16H,1-2,17-18H2,3-6H3. The van der Waals surface area contributed by atoms with Gasteiger partial charge in [-0.3, -0.25) is 0 Å². The van der Waals surface area contributed by atoms with Gasteiger partial charge in [-0.25, -0.2) is 0 Å². The van der Waals surface area contributed by atoms with Gasteiger partial charge in [0.05, 0.1) is 16.1 Å². The third-order valence-corrected chi connectivity index (χ3v) is 11.3. The van der Waals surface area contributed by atoms with Crippen LogP contribution in [0.1, 0.15) is 0 Å². The maximum absolute atomic E-state index is 4.40. The Morgan fingerprint density at radius 1 is 0.625 bits per heavy atom. The van der Waals surface area contributed by atoms with E-state index in [0.717, 1.165) is 12.1 Å². The van der Waals surface area contributed by atoms with Crippen LogP contribution in [0.15, 0.2) is 85.0 Å². The van der Waals surface area contributed by atoms with Crippen molar-refractivity contribution in [2.75, 3.05) is 0 Å². The molecule has 0 heterocycles. The molecule has 24 heavy (non-hydrogen) atoms. The Kier molecular flexibility index (Phi) is 5.84. The molecular formula is C22H30Si2. The number of hydrogen-bond donors (Lipinski definition) is 0. The quantitative estimate of drug-likeness (QED) is 0.468. The zero-order chi connectivity index (χ0) is 17.8. The fourth-order valence-corrected chi connectivity index (χ4v) is 8.53. The molecule has 0 N–H and O–H groups in total. The summed E-state index contributed by atoms with van der Waals surface area (Å²) in [6.07, 6.45) is 0. The van der Waals surface area contributed by atoms with Crippen LogP contribution in [0.25, 0.3) is 0 Å². The van der Waals surface area contributed by atoms with E-state index < -0.39 is 16.1 Å². The summed E-state index contributed by atoms with van der Waals surface area (Å²) in [5.74, 6) is 0. The second-order valence-corrected chi connectivity index (χ2v) is 17.5. The Morgan fingerprint density at radius 3 is 1.21 bits per heavy atom. The van der Waals surface area contributed by atoms with E-state index in [9.17, 15) is 0 Å². The van der Waals surface area contributed by atoms with E-state index in [-0.39, 0.29) is 0 Å². The molecule has 0 nitrogen and oxygen atoms in total. The Labute approximate surface area is 150 Å². The summed E-state index contributed by atoms with van der Waals surface area (Å²) < 4.78 is 0. The summed E-state index contributed by atoms with van der Waals surface area (Å²) in [6, 6.07) is 24.0. The first-order valence-electron chi connectivity index (χ1n) is 8.69. The Hall–Kier alpha value is -1.65. The maximum atomic E-state index is 4.40. The fraction of sp³-hybridized carbons (Fsp3) is 0.273. The van der Waals surface area contributed by atoms with Gasteiger partial charge >= 0.3 is 0 Å². The van der Waals surface area contributed by atoms with E-state index in [4.69, 9.17) is 0 Å². The van der Waals surface area contributed by atoms with Crippen molar-refractivity contribution in [1.82, 2.24) is 0 Å². The van der Waals surface area contributed by atoms with Crippen molar-refractivity contribution < 1.29 is 0 Å². The highest BCUT2D eigenvalue weighted by Crippen LogP contribution is 2.26. The lowest BCUT2D eigenvalue weighted by Crippen LogP contribution is -2.43. The van der Waals surface area contributed by atoms with Gasteiger partial charge in [-0.05, 0) is 12.1 Å². The minimum absolute atomic E-state index is 1.09. The van der Waals surface area contributed by atoms with Crippen molar-refractivity contribution in [3.8, 4) is 0 Å². The van der Waals surface area contributed by atoms with Gasteiger partial charge in [-0.1, -0.05) is 122 Å². The van der Waals surface area contributed by atoms with Gasteiger partial charge in [0, 0.05) is 0 Å². The summed E-state index contributed by atoms with van der Waals surface area (Å²) in [4.78, 5) is 0. The number of benzene rings is 2. The Morgan fingerprint density at radius 2 is 0.917 bits per heavy atom. The molecule has 0 amide bonds. The van der Waals surface area contributed by atoms with Gasteiger partial charge in [0.2, 0.25) is 0 Å². The fourth-order valence-electron chi connectivity index (χ4n) is 3.30. The molecule has 0 atom stereocenters. The topological polar surface area (TPSA) is 0 Å². The van der Waals surface area contributed by atoms with Crippen LogP contribution in [-0.2, 0) is 0 Å². The average Bonchev–Trinajstić information content (AvgIpc) is 2.55. The third-order valence-electron chi connectivity index (χ3n) is 4.92. The highest BCUT2D eigenvalue weighted by molar-refractivity contribution is 6.91. The highest BCUT2D eigenvalue weighted by atomic mass is 28.3. The zero-order valence-electron chi connectivity index (χ0n) is 15.6. The molecule has 2 aromatic rings. The van der Waals surface area contributed by atoms with Gasteiger partial charge in [-0.15, -0.1) is 0 Å². The van der Waals surface area contributed by atoms with Crippen LogP contribution in [-0.4, -0.2) is 16.1 Å². The van der Waals surface area contributed by atoms with Crippen LogP contribution in [0.3, 0.4) is 0 Å². The maximum Gasteiger partial charge on any atom is 0.0849 e. The van der Waals surface area contributed by atoms with Gasteiger partial charge in [0.15, 0.2) is 0 Å². The highest BCUT2D eigenvalue weighted by Gasteiger charge is 2.28. The monoisotopic (exact) mass is 350 g/mol. The van der Waals surface area contributed by atoms with Gasteiger partial charge in [0.25, 0.3) is 0 Å². The third kappa shape index (κ3) is 4.68. The van der Waals surface area contributed by atoms with Crippen LogP contribution in [0.4, 0.5) is 0 Å². The predicted molar refractivity (Wildman–Crippen MR) is 115 cm³/mol. The van der Waals surface area contributed by atoms with E-state index in [1.807, 2.05) is 0 Å². The van der Waals surface area contributed by atoms with Crippen molar-refractivity contribution in [2.45, 2.75) is 38.3 Å². The SMILES string of the molecule is C=C(C[Si](C)(C)c1ccccc1)C(=C)C[Si](C)(C)c1ccccc1. The normalized spacial score (nSPS) is 12.0. The number of allylic oxidation sites excluding steroid dienone is 2. The Balaban J connectivity index is 2.06. The largest absolute Gasteiger partial charge is 0.0959 e. The molecule has 2 heteroatoms. The summed E-state index contributed by atoms with van der Waals surface area (Å²) in [5.41, 5.74) is 2.51. The minimum Gasteiger partial charge on any atom is -0.0959 e. The molecule has 0 unspecified atom stereocenters. The lowest BCUT2D eigenvalue weighted by Gasteiger charge is -2.28. The predicted octanol–water partition coefficient (Wildman–Crippen LogP) is 5.33. The van der Waals surface area contributed by atoms with Gasteiger partial charge in [0.1, 0.15) is 0 Å². The summed E-state index contributed by atoms with van der Waals surface area (Å²) in [5, 5.41) is 3.00. The van der Waals surface area contributed by atoms with Crippen LogP contribution in [0.2, 0.25) is 38.3 Å². The minimum atomic E-state index is -1.50. The van der Waals surface area contributed by atoms with E-state index in [0.29, 0.717) is 0 Å². The molecule has 0 aliphatic rings. The van der Waals surface area contributed by atoms with Gasteiger partial charge < -0.3 is 0 Å². The second-order valence-electron chi connectivity index (χ2n) is 8.06. The molecular weight excluding hydrogens is 320 g/mol. The smallest absolute Gasteiger partial charge is 0.0849 e. The van der Waals surface area contributed by atoms with Crippen molar-refractivity contribution in [3.05, 3.63) is 85.0 Å². The van der Waals surface area contributed by atoms with Crippen molar-refractivity contribution in [3.63, 3.8) is 0 Å². The zero-order valence-corrected chi connectivity index (χ0v) is 17.6. The molecule has 0 aromatic heterocycles. The van der Waals surface area contributed by atoms with Crippen LogP contribution in [0, 0.1) is 0 Å². The molecule has 126 valence electrons. The van der Waals surface area contributed by atoms with E-state index in [2.05, 4.69) is 100 Å². The summed E-state index contributed by atoms with van der Waals surface area (Å²) >= 11 is 0. The molecule has 0 aliphatic carbocycles. The van der Waals surface area contributed by atoms with E-state index in [1.54, 1.807) is 0 Å². The van der Waals surface area contributed by atoms with Gasteiger partial charge in [-0.2, -0.15) is 0 Å². The average molecular weight is 351 g/mol. The summed E-state index contributed by atoms with van der Waals surface area (Å²) in [7, 11) is -3.01. The number of hydrogen-bond acceptors (Lipinski definition) is 0. The summed E-state index contributed by atoms with van der Waals surface area (Å²) in [6.45, 7) is 18.5. The second kappa shape index (κ2) is 7.50. The molecule has 0 fully saturated rings. The first kappa shape index (κ1) is 18.7. The van der Waals surface area contributed by atoms with Crippen LogP contribution in [0.5, 0.6) is 0 Å². The molecule has 0 saturated carbocycles. The molecule has 0 bridgehead atoms. The van der Waals surface area contributed by atoms with E-state index in [1.165, 1.54) is 21.5 Å². The molecule has 0 spiro atoms.